The zero-order valence-electron chi connectivity index (χ0n) is 11.7. The molecule has 2 heterocycles. The summed E-state index contributed by atoms with van der Waals surface area (Å²) in [6.07, 6.45) is 7.15. The van der Waals surface area contributed by atoms with Gasteiger partial charge in [-0.1, -0.05) is 0 Å². The van der Waals surface area contributed by atoms with E-state index in [1.54, 1.807) is 25.6 Å². The normalized spacial score (nSPS) is 10.6. The molecule has 0 aliphatic heterocycles. The molecule has 0 aliphatic rings. The number of ether oxygens (including phenoxy) is 1. The molecular formula is C15H14N4O2. The first-order valence-electron chi connectivity index (χ1n) is 6.42. The summed E-state index contributed by atoms with van der Waals surface area (Å²) in [5.41, 5.74) is 3.10. The maximum atomic E-state index is 11.1. The van der Waals surface area contributed by atoms with Crippen molar-refractivity contribution >= 4 is 17.2 Å². The zero-order valence-corrected chi connectivity index (χ0v) is 11.7. The number of aromatic nitrogens is 3. The average Bonchev–Trinajstić information content (AvgIpc) is 2.90. The van der Waals surface area contributed by atoms with Gasteiger partial charge in [-0.05, 0) is 12.1 Å². The van der Waals surface area contributed by atoms with Crippen molar-refractivity contribution in [2.75, 3.05) is 12.4 Å². The molecule has 6 heteroatoms. The molecule has 0 bridgehead atoms. The lowest BCUT2D eigenvalue weighted by atomic mass is 10.1. The second-order valence-electron chi connectivity index (χ2n) is 4.56. The number of hydrogen-bond acceptors (Lipinski definition) is 4. The minimum Gasteiger partial charge on any atom is -0.496 e. The molecule has 0 atom stereocenters. The van der Waals surface area contributed by atoms with Gasteiger partial charge >= 0.3 is 0 Å². The van der Waals surface area contributed by atoms with Gasteiger partial charge in [0.05, 0.1) is 19.0 Å². The standard InChI is InChI=1S/C15H14N4O2/c1-10(20)17-11-3-4-12(14(7-11)21-2)13-9-19-6-5-16-8-15(19)18-13/h3-9H,1-2H3,(H,17,20). The van der Waals surface area contributed by atoms with Crippen LogP contribution in [0.1, 0.15) is 6.92 Å². The highest BCUT2D eigenvalue weighted by Crippen LogP contribution is 2.31. The van der Waals surface area contributed by atoms with E-state index in [2.05, 4.69) is 15.3 Å². The third-order valence-electron chi connectivity index (χ3n) is 3.06. The van der Waals surface area contributed by atoms with Gasteiger partial charge in [-0.3, -0.25) is 9.78 Å². The van der Waals surface area contributed by atoms with Gasteiger partial charge in [-0.15, -0.1) is 0 Å². The van der Waals surface area contributed by atoms with Crippen LogP contribution in [0, 0.1) is 0 Å². The van der Waals surface area contributed by atoms with E-state index in [4.69, 9.17) is 4.74 Å². The van der Waals surface area contributed by atoms with Crippen molar-refractivity contribution in [3.8, 4) is 17.0 Å². The SMILES string of the molecule is COc1cc(NC(C)=O)ccc1-c1cn2ccncc2n1. The van der Waals surface area contributed by atoms with Crippen LogP contribution in [0.15, 0.2) is 43.0 Å². The Kier molecular flexibility index (Phi) is 3.27. The fourth-order valence-corrected chi connectivity index (χ4v) is 2.16. The minimum absolute atomic E-state index is 0.122. The first kappa shape index (κ1) is 13.1. The molecule has 0 radical (unpaired) electrons. The third-order valence-corrected chi connectivity index (χ3v) is 3.06. The Bertz CT molecular complexity index is 777. The summed E-state index contributed by atoms with van der Waals surface area (Å²) in [6, 6.07) is 5.47. The lowest BCUT2D eigenvalue weighted by molar-refractivity contribution is -0.114. The van der Waals surface area contributed by atoms with E-state index in [0.717, 1.165) is 16.9 Å². The molecule has 6 nitrogen and oxygen atoms in total. The predicted octanol–water partition coefficient (Wildman–Crippen LogP) is 2.36. The second kappa shape index (κ2) is 5.24. The number of hydrogen-bond donors (Lipinski definition) is 1. The maximum Gasteiger partial charge on any atom is 0.221 e. The van der Waals surface area contributed by atoms with Gasteiger partial charge in [0.1, 0.15) is 5.75 Å². The Labute approximate surface area is 121 Å². The highest BCUT2D eigenvalue weighted by atomic mass is 16.5. The monoisotopic (exact) mass is 282 g/mol. The van der Waals surface area contributed by atoms with Gasteiger partial charge in [0, 0.05) is 42.8 Å². The molecule has 1 amide bonds. The van der Waals surface area contributed by atoms with Crippen molar-refractivity contribution in [3.05, 3.63) is 43.0 Å². The molecule has 0 spiro atoms. The van der Waals surface area contributed by atoms with E-state index in [9.17, 15) is 4.79 Å². The topological polar surface area (TPSA) is 68.5 Å². The number of amides is 1. The molecule has 1 N–H and O–H groups in total. The number of methoxy groups -OCH3 is 1. The Morgan fingerprint density at radius 2 is 2.24 bits per heavy atom. The van der Waals surface area contributed by atoms with Crippen molar-refractivity contribution < 1.29 is 9.53 Å². The Morgan fingerprint density at radius 3 is 2.95 bits per heavy atom. The number of carbonyl (C=O) groups excluding carboxylic acids is 1. The van der Waals surface area contributed by atoms with Gasteiger partial charge in [0.25, 0.3) is 0 Å². The Balaban J connectivity index is 2.06. The molecule has 0 unspecified atom stereocenters. The van der Waals surface area contributed by atoms with Crippen LogP contribution in [0.3, 0.4) is 0 Å². The molecule has 2 aromatic heterocycles. The van der Waals surface area contributed by atoms with Crippen molar-refractivity contribution in [1.82, 2.24) is 14.4 Å². The van der Waals surface area contributed by atoms with Crippen LogP contribution in [0.25, 0.3) is 16.9 Å². The largest absolute Gasteiger partial charge is 0.496 e. The van der Waals surface area contributed by atoms with E-state index in [0.29, 0.717) is 11.4 Å². The number of benzene rings is 1. The highest BCUT2D eigenvalue weighted by Gasteiger charge is 2.11. The van der Waals surface area contributed by atoms with Crippen molar-refractivity contribution in [2.24, 2.45) is 0 Å². The maximum absolute atomic E-state index is 11.1. The zero-order chi connectivity index (χ0) is 14.8. The molecular weight excluding hydrogens is 268 g/mol. The number of rotatable bonds is 3. The summed E-state index contributed by atoms with van der Waals surface area (Å²) in [5.74, 6) is 0.529. The molecule has 3 rings (SSSR count). The predicted molar refractivity (Wildman–Crippen MR) is 79.3 cm³/mol. The Morgan fingerprint density at radius 1 is 1.38 bits per heavy atom. The lowest BCUT2D eigenvalue weighted by Gasteiger charge is -2.09. The van der Waals surface area contributed by atoms with E-state index < -0.39 is 0 Å². The lowest BCUT2D eigenvalue weighted by Crippen LogP contribution is -2.05. The van der Waals surface area contributed by atoms with E-state index in [1.807, 2.05) is 28.9 Å². The highest BCUT2D eigenvalue weighted by molar-refractivity contribution is 5.89. The summed E-state index contributed by atoms with van der Waals surface area (Å²) < 4.78 is 7.29. The summed E-state index contributed by atoms with van der Waals surface area (Å²) in [6.45, 7) is 1.47. The number of fused-ring (bicyclic) bond motifs is 1. The van der Waals surface area contributed by atoms with Crippen LogP contribution in [0.5, 0.6) is 5.75 Å². The summed E-state index contributed by atoms with van der Waals surface area (Å²) in [7, 11) is 1.59. The van der Waals surface area contributed by atoms with Gasteiger partial charge in [0.2, 0.25) is 5.91 Å². The molecule has 1 aromatic carbocycles. The van der Waals surface area contributed by atoms with Crippen LogP contribution in [-0.2, 0) is 4.79 Å². The summed E-state index contributed by atoms with van der Waals surface area (Å²) in [4.78, 5) is 19.7. The second-order valence-corrected chi connectivity index (χ2v) is 4.56. The van der Waals surface area contributed by atoms with Crippen molar-refractivity contribution in [3.63, 3.8) is 0 Å². The molecule has 0 saturated heterocycles. The number of nitrogens with zero attached hydrogens (tertiary/aromatic N) is 3. The number of imidazole rings is 1. The summed E-state index contributed by atoms with van der Waals surface area (Å²) in [5, 5.41) is 2.73. The quantitative estimate of drug-likeness (QED) is 0.800. The van der Waals surface area contributed by atoms with Crippen molar-refractivity contribution in [2.45, 2.75) is 6.92 Å². The third kappa shape index (κ3) is 2.55. The van der Waals surface area contributed by atoms with Crippen LogP contribution in [0.2, 0.25) is 0 Å². The van der Waals surface area contributed by atoms with Crippen LogP contribution in [-0.4, -0.2) is 27.4 Å². The summed E-state index contributed by atoms with van der Waals surface area (Å²) >= 11 is 0. The molecule has 0 fully saturated rings. The van der Waals surface area contributed by atoms with Crippen LogP contribution in [0.4, 0.5) is 5.69 Å². The molecule has 21 heavy (non-hydrogen) atoms. The molecule has 0 saturated carbocycles. The van der Waals surface area contributed by atoms with E-state index in [-0.39, 0.29) is 5.91 Å². The number of nitrogens with one attached hydrogen (secondary N) is 1. The van der Waals surface area contributed by atoms with Crippen LogP contribution >= 0.6 is 0 Å². The molecule has 106 valence electrons. The first-order chi connectivity index (χ1) is 10.2. The van der Waals surface area contributed by atoms with Gasteiger partial charge < -0.3 is 14.5 Å². The number of carbonyl (C=O) groups is 1. The molecule has 0 aliphatic carbocycles. The van der Waals surface area contributed by atoms with Crippen LogP contribution < -0.4 is 10.1 Å². The average molecular weight is 282 g/mol. The van der Waals surface area contributed by atoms with Gasteiger partial charge in [0.15, 0.2) is 5.65 Å². The number of anilines is 1. The first-order valence-corrected chi connectivity index (χ1v) is 6.42. The Hall–Kier alpha value is -2.89. The fraction of sp³-hybridized carbons (Fsp3) is 0.133. The smallest absolute Gasteiger partial charge is 0.221 e. The molecule has 3 aromatic rings. The van der Waals surface area contributed by atoms with Gasteiger partial charge in [-0.25, -0.2) is 4.98 Å². The minimum atomic E-state index is -0.122. The van der Waals surface area contributed by atoms with Crippen molar-refractivity contribution in [1.29, 1.82) is 0 Å². The fourth-order valence-electron chi connectivity index (χ4n) is 2.16. The van der Waals surface area contributed by atoms with E-state index in [1.165, 1.54) is 6.92 Å². The van der Waals surface area contributed by atoms with E-state index >= 15 is 0 Å². The van der Waals surface area contributed by atoms with Gasteiger partial charge in [-0.2, -0.15) is 0 Å².